The SMILES string of the molecule is COc1ccc(COCc2cnc(NN)cn2)cc1. The topological polar surface area (TPSA) is 82.3 Å². The number of anilines is 1. The molecule has 0 bridgehead atoms. The van der Waals surface area contributed by atoms with Crippen LogP contribution in [-0.4, -0.2) is 17.1 Å². The Morgan fingerprint density at radius 3 is 2.47 bits per heavy atom. The van der Waals surface area contributed by atoms with Gasteiger partial charge in [0.15, 0.2) is 5.82 Å². The Labute approximate surface area is 111 Å². The van der Waals surface area contributed by atoms with Gasteiger partial charge in [0.2, 0.25) is 0 Å². The van der Waals surface area contributed by atoms with E-state index in [4.69, 9.17) is 15.3 Å². The minimum atomic E-state index is 0.407. The summed E-state index contributed by atoms with van der Waals surface area (Å²) in [7, 11) is 1.64. The number of hydrogen-bond donors (Lipinski definition) is 2. The minimum Gasteiger partial charge on any atom is -0.497 e. The van der Waals surface area contributed by atoms with Crippen molar-refractivity contribution in [1.82, 2.24) is 9.97 Å². The van der Waals surface area contributed by atoms with Crippen molar-refractivity contribution in [2.24, 2.45) is 5.84 Å². The van der Waals surface area contributed by atoms with E-state index in [0.29, 0.717) is 19.0 Å². The molecule has 19 heavy (non-hydrogen) atoms. The first-order valence-corrected chi connectivity index (χ1v) is 5.80. The number of methoxy groups -OCH3 is 1. The van der Waals surface area contributed by atoms with E-state index in [0.717, 1.165) is 17.0 Å². The van der Waals surface area contributed by atoms with Crippen molar-refractivity contribution < 1.29 is 9.47 Å². The van der Waals surface area contributed by atoms with E-state index in [-0.39, 0.29) is 0 Å². The maximum absolute atomic E-state index is 5.56. The number of aromatic nitrogens is 2. The van der Waals surface area contributed by atoms with Crippen LogP contribution in [0.25, 0.3) is 0 Å². The van der Waals surface area contributed by atoms with Crippen LogP contribution in [0, 0.1) is 0 Å². The average Bonchev–Trinajstić information content (AvgIpc) is 2.49. The van der Waals surface area contributed by atoms with Gasteiger partial charge in [-0.2, -0.15) is 0 Å². The van der Waals surface area contributed by atoms with Crippen LogP contribution in [0.5, 0.6) is 5.75 Å². The normalized spacial score (nSPS) is 10.2. The summed E-state index contributed by atoms with van der Waals surface area (Å²) in [6.45, 7) is 0.923. The summed E-state index contributed by atoms with van der Waals surface area (Å²) in [5.74, 6) is 6.57. The number of ether oxygens (including phenoxy) is 2. The quantitative estimate of drug-likeness (QED) is 0.605. The second-order valence-electron chi connectivity index (χ2n) is 3.88. The third-order valence-electron chi connectivity index (χ3n) is 2.53. The van der Waals surface area contributed by atoms with Gasteiger partial charge < -0.3 is 14.9 Å². The van der Waals surface area contributed by atoms with Crippen LogP contribution >= 0.6 is 0 Å². The Morgan fingerprint density at radius 1 is 1.11 bits per heavy atom. The number of nitrogen functional groups attached to an aromatic ring is 1. The summed E-state index contributed by atoms with van der Waals surface area (Å²) in [6, 6.07) is 7.73. The smallest absolute Gasteiger partial charge is 0.158 e. The van der Waals surface area contributed by atoms with E-state index >= 15 is 0 Å². The molecule has 0 saturated heterocycles. The molecule has 0 atom stereocenters. The van der Waals surface area contributed by atoms with Crippen molar-refractivity contribution in [2.75, 3.05) is 12.5 Å². The maximum atomic E-state index is 5.56. The van der Waals surface area contributed by atoms with Gasteiger partial charge in [0.05, 0.1) is 38.4 Å². The lowest BCUT2D eigenvalue weighted by Gasteiger charge is -2.05. The minimum absolute atomic E-state index is 0.407. The molecule has 0 aliphatic rings. The van der Waals surface area contributed by atoms with Gasteiger partial charge in [-0.15, -0.1) is 0 Å². The highest BCUT2D eigenvalue weighted by atomic mass is 16.5. The van der Waals surface area contributed by atoms with Crippen molar-refractivity contribution in [3.63, 3.8) is 0 Å². The second-order valence-corrected chi connectivity index (χ2v) is 3.88. The molecule has 6 heteroatoms. The first kappa shape index (κ1) is 13.3. The Kier molecular flexibility index (Phi) is 4.66. The summed E-state index contributed by atoms with van der Waals surface area (Å²) in [5.41, 5.74) is 4.26. The van der Waals surface area contributed by atoms with Crippen molar-refractivity contribution in [2.45, 2.75) is 13.2 Å². The first-order chi connectivity index (χ1) is 9.31. The number of nitrogens with one attached hydrogen (secondary N) is 1. The van der Waals surface area contributed by atoms with Crippen molar-refractivity contribution >= 4 is 5.82 Å². The third-order valence-corrected chi connectivity index (χ3v) is 2.53. The van der Waals surface area contributed by atoms with Crippen LogP contribution in [-0.2, 0) is 18.0 Å². The van der Waals surface area contributed by atoms with Gasteiger partial charge in [-0.05, 0) is 17.7 Å². The lowest BCUT2D eigenvalue weighted by Crippen LogP contribution is -2.09. The van der Waals surface area contributed by atoms with E-state index in [1.165, 1.54) is 0 Å². The molecule has 100 valence electrons. The molecule has 2 rings (SSSR count). The van der Waals surface area contributed by atoms with Crippen molar-refractivity contribution in [1.29, 1.82) is 0 Å². The lowest BCUT2D eigenvalue weighted by atomic mass is 10.2. The fraction of sp³-hybridized carbons (Fsp3) is 0.231. The number of nitrogens with zero attached hydrogens (tertiary/aromatic N) is 2. The largest absolute Gasteiger partial charge is 0.497 e. The van der Waals surface area contributed by atoms with E-state index in [2.05, 4.69) is 15.4 Å². The predicted molar refractivity (Wildman–Crippen MR) is 71.3 cm³/mol. The number of nitrogens with two attached hydrogens (primary N) is 1. The zero-order valence-corrected chi connectivity index (χ0v) is 10.7. The van der Waals surface area contributed by atoms with Gasteiger partial charge in [-0.3, -0.25) is 4.98 Å². The number of hydrogen-bond acceptors (Lipinski definition) is 6. The summed E-state index contributed by atoms with van der Waals surface area (Å²) < 4.78 is 10.6. The van der Waals surface area contributed by atoms with E-state index < -0.39 is 0 Å². The lowest BCUT2D eigenvalue weighted by molar-refractivity contribution is 0.104. The van der Waals surface area contributed by atoms with Crippen LogP contribution in [0.2, 0.25) is 0 Å². The van der Waals surface area contributed by atoms with Crippen LogP contribution in [0.1, 0.15) is 11.3 Å². The number of hydrazine groups is 1. The van der Waals surface area contributed by atoms with Crippen molar-refractivity contribution in [3.8, 4) is 5.75 Å². The maximum Gasteiger partial charge on any atom is 0.158 e. The monoisotopic (exact) mass is 260 g/mol. The molecule has 0 aliphatic carbocycles. The summed E-state index contributed by atoms with van der Waals surface area (Å²) >= 11 is 0. The highest BCUT2D eigenvalue weighted by molar-refractivity contribution is 5.28. The molecule has 1 aromatic carbocycles. The van der Waals surface area contributed by atoms with E-state index in [1.807, 2.05) is 24.3 Å². The molecule has 0 radical (unpaired) electrons. The molecule has 0 spiro atoms. The molecular weight excluding hydrogens is 244 g/mol. The van der Waals surface area contributed by atoms with Crippen LogP contribution in [0.15, 0.2) is 36.7 Å². The molecule has 1 heterocycles. The fourth-order valence-corrected chi connectivity index (χ4v) is 1.50. The average molecular weight is 260 g/mol. The molecule has 0 unspecified atom stereocenters. The number of benzene rings is 1. The van der Waals surface area contributed by atoms with Crippen molar-refractivity contribution in [3.05, 3.63) is 47.9 Å². The second kappa shape index (κ2) is 6.67. The predicted octanol–water partition coefficient (Wildman–Crippen LogP) is 1.49. The summed E-state index contributed by atoms with van der Waals surface area (Å²) in [5, 5.41) is 0. The molecule has 0 aliphatic heterocycles. The molecule has 6 nitrogen and oxygen atoms in total. The fourth-order valence-electron chi connectivity index (χ4n) is 1.50. The van der Waals surface area contributed by atoms with Crippen LogP contribution < -0.4 is 16.0 Å². The summed E-state index contributed by atoms with van der Waals surface area (Å²) in [6.07, 6.45) is 3.19. The van der Waals surface area contributed by atoms with Gasteiger partial charge in [0.25, 0.3) is 0 Å². The molecule has 0 saturated carbocycles. The van der Waals surface area contributed by atoms with Gasteiger partial charge in [0.1, 0.15) is 5.75 Å². The zero-order chi connectivity index (χ0) is 13.5. The van der Waals surface area contributed by atoms with Gasteiger partial charge in [-0.1, -0.05) is 12.1 Å². The highest BCUT2D eigenvalue weighted by Crippen LogP contribution is 2.12. The Balaban J connectivity index is 1.81. The van der Waals surface area contributed by atoms with Gasteiger partial charge in [-0.25, -0.2) is 10.8 Å². The molecule has 3 N–H and O–H groups in total. The summed E-state index contributed by atoms with van der Waals surface area (Å²) in [4.78, 5) is 8.21. The van der Waals surface area contributed by atoms with E-state index in [9.17, 15) is 0 Å². The number of rotatable bonds is 6. The molecule has 0 fully saturated rings. The molecule has 2 aromatic rings. The molecule has 1 aromatic heterocycles. The highest BCUT2D eigenvalue weighted by Gasteiger charge is 1.98. The Hall–Kier alpha value is -2.18. The molecule has 0 amide bonds. The standard InChI is InChI=1S/C13H16N4O2/c1-18-12-4-2-10(3-5-12)8-19-9-11-6-16-13(17-14)7-15-11/h2-7H,8-9,14H2,1H3,(H,16,17). The molecular formula is C13H16N4O2. The van der Waals surface area contributed by atoms with Crippen LogP contribution in [0.4, 0.5) is 5.82 Å². The third kappa shape index (κ3) is 3.90. The van der Waals surface area contributed by atoms with Gasteiger partial charge >= 0.3 is 0 Å². The Bertz CT molecular complexity index is 452. The Morgan fingerprint density at radius 2 is 1.89 bits per heavy atom. The van der Waals surface area contributed by atoms with E-state index in [1.54, 1.807) is 19.5 Å². The van der Waals surface area contributed by atoms with Crippen LogP contribution in [0.3, 0.4) is 0 Å². The van der Waals surface area contributed by atoms with Gasteiger partial charge in [0, 0.05) is 0 Å². The first-order valence-electron chi connectivity index (χ1n) is 5.80. The zero-order valence-electron chi connectivity index (χ0n) is 10.7.